The summed E-state index contributed by atoms with van der Waals surface area (Å²) in [5.41, 5.74) is 0.786. The molecule has 2 unspecified atom stereocenters. The molecule has 0 radical (unpaired) electrons. The molecule has 188 valence electrons. The van der Waals surface area contributed by atoms with E-state index in [0.29, 0.717) is 24.1 Å². The van der Waals surface area contributed by atoms with Gasteiger partial charge < -0.3 is 15.3 Å². The largest absolute Gasteiger partial charge is 0.371 e. The van der Waals surface area contributed by atoms with Gasteiger partial charge >= 0.3 is 0 Å². The number of benzene rings is 2. The third-order valence-electron chi connectivity index (χ3n) is 7.52. The first-order valence-corrected chi connectivity index (χ1v) is 11.7. The van der Waals surface area contributed by atoms with E-state index >= 15 is 8.78 Å². The highest BCUT2D eigenvalue weighted by Crippen LogP contribution is 2.60. The van der Waals surface area contributed by atoms with Crippen molar-refractivity contribution in [2.75, 3.05) is 4.90 Å². The molecule has 10 heteroatoms. The van der Waals surface area contributed by atoms with Crippen molar-refractivity contribution in [2.45, 2.75) is 50.2 Å². The van der Waals surface area contributed by atoms with Crippen LogP contribution in [0.4, 0.5) is 23.2 Å². The minimum absolute atomic E-state index is 0.185. The van der Waals surface area contributed by atoms with Crippen molar-refractivity contribution in [1.82, 2.24) is 20.0 Å². The number of aryl methyl sites for hydroxylation is 1. The number of nitrogens with one attached hydrogen (secondary N) is 1. The second-order valence-corrected chi connectivity index (χ2v) is 10.0. The average Bonchev–Trinajstić information content (AvgIpc) is 3.31. The molecule has 1 aliphatic carbocycles. The number of alkyl halides is 2. The van der Waals surface area contributed by atoms with Crippen LogP contribution in [0.15, 0.2) is 54.9 Å². The van der Waals surface area contributed by atoms with Crippen LogP contribution in [0.3, 0.4) is 0 Å². The molecule has 2 fully saturated rings. The predicted molar refractivity (Wildman–Crippen MR) is 126 cm³/mol. The summed E-state index contributed by atoms with van der Waals surface area (Å²) in [6.07, 6.45) is 3.70. The van der Waals surface area contributed by atoms with Crippen LogP contribution in [-0.2, 0) is 13.0 Å². The number of aromatic nitrogens is 2. The van der Waals surface area contributed by atoms with Gasteiger partial charge in [-0.05, 0) is 49.1 Å². The van der Waals surface area contributed by atoms with Gasteiger partial charge in [-0.1, -0.05) is 24.3 Å². The van der Waals surface area contributed by atoms with Crippen molar-refractivity contribution in [3.63, 3.8) is 0 Å². The monoisotopic (exact) mass is 499 g/mol. The molecule has 6 nitrogen and oxygen atoms in total. The molecule has 0 bridgehead atoms. The molecule has 2 aromatic carbocycles. The number of anilines is 1. The molecule has 0 amide bonds. The fourth-order valence-electron chi connectivity index (χ4n) is 5.62. The highest BCUT2D eigenvalue weighted by atomic mass is 19.3. The van der Waals surface area contributed by atoms with Gasteiger partial charge in [-0.15, -0.1) is 0 Å². The van der Waals surface area contributed by atoms with Crippen LogP contribution < -0.4 is 10.2 Å². The Morgan fingerprint density at radius 2 is 1.69 bits per heavy atom. The Morgan fingerprint density at radius 3 is 2.22 bits per heavy atom. The zero-order chi connectivity index (χ0) is 25.6. The molecule has 1 saturated heterocycles. The third kappa shape index (κ3) is 3.09. The summed E-state index contributed by atoms with van der Waals surface area (Å²) < 4.78 is 60.0. The first-order chi connectivity index (χ1) is 17.0. The number of nitrogens with zero attached hydrogens (tertiary/aromatic N) is 4. The summed E-state index contributed by atoms with van der Waals surface area (Å²) >= 11 is 0. The number of aliphatic hydroxyl groups excluding tert-OH is 1. The van der Waals surface area contributed by atoms with Gasteiger partial charge in [0.15, 0.2) is 12.0 Å². The fraction of sp³-hybridized carbons (Fsp3) is 0.346. The van der Waals surface area contributed by atoms with E-state index in [4.69, 9.17) is 0 Å². The number of fused-ring (bicyclic) bond motifs is 2. The maximum Gasteiger partial charge on any atom is 0.270 e. The summed E-state index contributed by atoms with van der Waals surface area (Å²) in [4.78, 5) is 3.32. The van der Waals surface area contributed by atoms with Crippen molar-refractivity contribution in [1.29, 1.82) is 0 Å². The van der Waals surface area contributed by atoms with E-state index in [1.165, 1.54) is 29.2 Å². The topological polar surface area (TPSA) is 56.6 Å². The second kappa shape index (κ2) is 7.25. The zero-order valence-electron chi connectivity index (χ0n) is 19.9. The van der Waals surface area contributed by atoms with Crippen molar-refractivity contribution in [3.05, 3.63) is 77.8 Å². The minimum Gasteiger partial charge on any atom is -0.371 e. The lowest BCUT2D eigenvalue weighted by Gasteiger charge is -2.40. The quantitative estimate of drug-likeness (QED) is 0.509. The smallest absolute Gasteiger partial charge is 0.270 e. The van der Waals surface area contributed by atoms with Crippen LogP contribution in [0.2, 0.25) is 0 Å². The molecular weight excluding hydrogens is 474 g/mol. The first-order valence-electron chi connectivity index (χ1n) is 11.7. The molecule has 3 heterocycles. The van der Waals surface area contributed by atoms with Gasteiger partial charge in [0, 0.05) is 31.9 Å². The maximum absolute atomic E-state index is 15.6. The molecule has 1 saturated carbocycles. The number of aliphatic hydroxyl groups is 1. The van der Waals surface area contributed by atoms with E-state index in [9.17, 15) is 13.9 Å². The molecule has 1 spiro atoms. The lowest BCUT2D eigenvalue weighted by atomic mass is 10.0. The average molecular weight is 500 g/mol. The molecule has 36 heavy (non-hydrogen) atoms. The zero-order valence-corrected chi connectivity index (χ0v) is 19.9. The number of hydrogen-bond acceptors (Lipinski definition) is 5. The first kappa shape index (κ1) is 22.9. The maximum atomic E-state index is 15.6. The highest BCUT2D eigenvalue weighted by molar-refractivity contribution is 5.73. The Labute approximate surface area is 205 Å². The molecule has 3 aromatic rings. The second-order valence-electron chi connectivity index (χ2n) is 10.0. The Kier molecular flexibility index (Phi) is 4.61. The van der Waals surface area contributed by atoms with Gasteiger partial charge in [0.05, 0.1) is 11.2 Å². The standard InChI is InChI=1S/C26H25F4N5O/c1-24(29,30)17-6-4-15(5-7-17)16-12-18(27)22(19(28)13-16)34-23(36)26(9-10-26)35-21(14-31-25(34,35)2)20-8-11-33(3)32-20/h4-8,11-14,23,31,36H,9-10H2,1-3H3. The van der Waals surface area contributed by atoms with E-state index in [1.54, 1.807) is 24.9 Å². The van der Waals surface area contributed by atoms with E-state index in [1.807, 2.05) is 17.2 Å². The van der Waals surface area contributed by atoms with Crippen LogP contribution in [0.25, 0.3) is 16.8 Å². The summed E-state index contributed by atoms with van der Waals surface area (Å²) in [6.45, 7) is 2.56. The molecule has 2 N–H and O–H groups in total. The minimum atomic E-state index is -3.01. The van der Waals surface area contributed by atoms with Crippen LogP contribution in [-0.4, -0.2) is 37.3 Å². The SMILES string of the molecule is Cn1ccc(C2=CNC3(C)N(c4c(F)cc(-c5ccc(C(C)(F)F)cc5)cc4F)C(O)C4(CC4)N23)n1. The lowest BCUT2D eigenvalue weighted by Crippen LogP contribution is -2.58. The van der Waals surface area contributed by atoms with Crippen LogP contribution in [0.5, 0.6) is 0 Å². The summed E-state index contributed by atoms with van der Waals surface area (Å²) in [7, 11) is 1.80. The Morgan fingerprint density at radius 1 is 1.06 bits per heavy atom. The van der Waals surface area contributed by atoms with Crippen molar-refractivity contribution in [3.8, 4) is 11.1 Å². The number of halogens is 4. The Bertz CT molecular complexity index is 1370. The van der Waals surface area contributed by atoms with Crippen molar-refractivity contribution >= 4 is 11.4 Å². The predicted octanol–water partition coefficient (Wildman–Crippen LogP) is 4.73. The molecule has 6 rings (SSSR count). The lowest BCUT2D eigenvalue weighted by molar-refractivity contribution is 0.0175. The van der Waals surface area contributed by atoms with E-state index < -0.39 is 35.1 Å². The summed E-state index contributed by atoms with van der Waals surface area (Å²) in [5.74, 6) is -5.87. The molecule has 2 aliphatic heterocycles. The van der Waals surface area contributed by atoms with Crippen LogP contribution in [0, 0.1) is 11.6 Å². The van der Waals surface area contributed by atoms with Gasteiger partial charge in [0.25, 0.3) is 5.92 Å². The van der Waals surface area contributed by atoms with Gasteiger partial charge in [0.1, 0.15) is 23.0 Å². The Balaban J connectivity index is 1.39. The van der Waals surface area contributed by atoms with E-state index in [-0.39, 0.29) is 16.8 Å². The van der Waals surface area contributed by atoms with Crippen molar-refractivity contribution < 1.29 is 22.7 Å². The van der Waals surface area contributed by atoms with Crippen molar-refractivity contribution in [2.24, 2.45) is 7.05 Å². The van der Waals surface area contributed by atoms with Crippen LogP contribution >= 0.6 is 0 Å². The number of rotatable bonds is 4. The third-order valence-corrected chi connectivity index (χ3v) is 7.52. The summed E-state index contributed by atoms with van der Waals surface area (Å²) in [6, 6.07) is 9.48. The van der Waals surface area contributed by atoms with Gasteiger partial charge in [-0.2, -0.15) is 5.10 Å². The fourth-order valence-corrected chi connectivity index (χ4v) is 5.62. The number of hydrogen-bond donors (Lipinski definition) is 2. The molecular formula is C26H25F4N5O. The van der Waals surface area contributed by atoms with Gasteiger partial charge in [-0.25, -0.2) is 17.6 Å². The van der Waals surface area contributed by atoms with Crippen LogP contribution in [0.1, 0.15) is 37.9 Å². The summed E-state index contributed by atoms with van der Waals surface area (Å²) in [5, 5.41) is 19.1. The molecule has 3 aliphatic rings. The highest BCUT2D eigenvalue weighted by Gasteiger charge is 2.71. The Hall–Kier alpha value is -3.53. The molecule has 2 atom stereocenters. The molecule has 1 aromatic heterocycles. The normalized spacial score (nSPS) is 24.2. The van der Waals surface area contributed by atoms with E-state index in [2.05, 4.69) is 10.4 Å². The van der Waals surface area contributed by atoms with Gasteiger partial charge in [0.2, 0.25) is 0 Å². The van der Waals surface area contributed by atoms with E-state index in [0.717, 1.165) is 24.8 Å². The van der Waals surface area contributed by atoms with Gasteiger partial charge in [-0.3, -0.25) is 9.58 Å².